The number of hydrogen-bond acceptors (Lipinski definition) is 6. The summed E-state index contributed by atoms with van der Waals surface area (Å²) >= 11 is 0. The van der Waals surface area contributed by atoms with E-state index in [2.05, 4.69) is 42.0 Å². The molecule has 0 bridgehead atoms. The predicted octanol–water partition coefficient (Wildman–Crippen LogP) is 10.4. The molecule has 0 spiro atoms. The number of carbonyl (C=O) groups excluding carboxylic acids is 2. The number of ether oxygens (including phenoxy) is 4. The maximum atomic E-state index is 13.5. The van der Waals surface area contributed by atoms with Crippen LogP contribution >= 0.6 is 0 Å². The molecule has 0 unspecified atom stereocenters. The summed E-state index contributed by atoms with van der Waals surface area (Å²) in [4.78, 5) is 27.1. The molecule has 0 aromatic carbocycles. The first-order chi connectivity index (χ1) is 24.4. The third kappa shape index (κ3) is 27.4. The molecule has 8 heteroatoms. The minimum Gasteiger partial charge on any atom is -0.458 e. The zero-order valence-electron chi connectivity index (χ0n) is 36.9. The van der Waals surface area contributed by atoms with Gasteiger partial charge in [0.1, 0.15) is 26.4 Å². The maximum Gasteiger partial charge on any atom is 0.367 e. The van der Waals surface area contributed by atoms with Gasteiger partial charge in [-0.3, -0.25) is 0 Å². The van der Waals surface area contributed by atoms with Gasteiger partial charge in [0.2, 0.25) is 12.1 Å². The number of unbranched alkanes of at least 4 members (excludes halogenated alkanes) is 18. The molecule has 0 aromatic heterocycles. The maximum absolute atomic E-state index is 13.5. The Balaban J connectivity index is 5.03. The van der Waals surface area contributed by atoms with Crippen LogP contribution in [0, 0.1) is 0 Å². The Bertz CT molecular complexity index is 820. The van der Waals surface area contributed by atoms with Gasteiger partial charge in [-0.2, -0.15) is 0 Å². The molecular formula is C44H90N2O6+2. The summed E-state index contributed by atoms with van der Waals surface area (Å²) in [5, 5.41) is 0. The van der Waals surface area contributed by atoms with Crippen molar-refractivity contribution in [2.24, 2.45) is 0 Å². The molecule has 0 heterocycles. The minimum atomic E-state index is -0.460. The van der Waals surface area contributed by atoms with Gasteiger partial charge in [-0.15, -0.1) is 0 Å². The van der Waals surface area contributed by atoms with Crippen molar-refractivity contribution < 1.29 is 37.5 Å². The van der Waals surface area contributed by atoms with Crippen molar-refractivity contribution in [2.75, 3.05) is 67.7 Å². The Labute approximate surface area is 323 Å². The molecule has 8 nitrogen and oxygen atoms in total. The van der Waals surface area contributed by atoms with E-state index in [0.717, 1.165) is 25.9 Å². The van der Waals surface area contributed by atoms with Crippen molar-refractivity contribution in [2.45, 2.75) is 207 Å². The van der Waals surface area contributed by atoms with Crippen LogP contribution in [0.1, 0.15) is 184 Å². The highest BCUT2D eigenvalue weighted by molar-refractivity contribution is 5.75. The Hall–Kier alpha value is -1.22. The topological polar surface area (TPSA) is 71.1 Å². The van der Waals surface area contributed by atoms with E-state index in [9.17, 15) is 9.59 Å². The van der Waals surface area contributed by atoms with E-state index in [1.165, 1.54) is 116 Å². The van der Waals surface area contributed by atoms with Gasteiger partial charge in [0, 0.05) is 0 Å². The highest BCUT2D eigenvalue weighted by Crippen LogP contribution is 2.20. The number of likely N-dealkylation sites (N-methyl/N-ethyl adjacent to an activating group) is 2. The van der Waals surface area contributed by atoms with Gasteiger partial charge in [0.05, 0.1) is 52.5 Å². The summed E-state index contributed by atoms with van der Waals surface area (Å²) in [6.45, 7) is 18.9. The molecule has 0 N–H and O–H groups in total. The van der Waals surface area contributed by atoms with E-state index < -0.39 is 12.1 Å². The quantitative estimate of drug-likeness (QED) is 0.0379. The van der Waals surface area contributed by atoms with Crippen LogP contribution in [0.2, 0.25) is 0 Å². The zero-order valence-corrected chi connectivity index (χ0v) is 36.9. The second-order valence-corrected chi connectivity index (χ2v) is 18.6. The average Bonchev–Trinajstić information content (AvgIpc) is 3.03. The SMILES string of the molecule is CCCCCCCCCCCC[N+](C)(C)[C@@H](COC(C)(C)C)C(=O)OCCOC(=O)[C@H](COC(C)(C)C)[N+](C)(C)CCCCCCCCCCCC. The van der Waals surface area contributed by atoms with Gasteiger partial charge in [-0.05, 0) is 67.2 Å². The van der Waals surface area contributed by atoms with Crippen molar-refractivity contribution in [3.8, 4) is 0 Å². The van der Waals surface area contributed by atoms with E-state index >= 15 is 0 Å². The summed E-state index contributed by atoms with van der Waals surface area (Å²) in [5.41, 5.74) is -0.734. The monoisotopic (exact) mass is 743 g/mol. The lowest BCUT2D eigenvalue weighted by molar-refractivity contribution is -0.907. The molecule has 0 saturated carbocycles. The van der Waals surface area contributed by atoms with Crippen LogP contribution in [0.15, 0.2) is 0 Å². The molecule has 0 aliphatic carbocycles. The largest absolute Gasteiger partial charge is 0.458 e. The van der Waals surface area contributed by atoms with Crippen LogP contribution in [-0.2, 0) is 28.5 Å². The van der Waals surface area contributed by atoms with Crippen LogP contribution in [0.4, 0.5) is 0 Å². The van der Waals surface area contributed by atoms with Gasteiger partial charge in [-0.25, -0.2) is 9.59 Å². The first-order valence-electron chi connectivity index (χ1n) is 21.6. The first-order valence-corrected chi connectivity index (χ1v) is 21.6. The van der Waals surface area contributed by atoms with Gasteiger partial charge < -0.3 is 27.9 Å². The lowest BCUT2D eigenvalue weighted by Gasteiger charge is -2.38. The standard InChI is InChI=1S/C44H90N2O6/c1-13-15-17-19-21-23-25-27-29-31-33-45(9,10)39(37-51-43(3,4)5)41(47)49-35-36-50-42(48)40(38-52-44(6,7)8)46(11,12)34-32-30-28-26-24-22-20-18-16-14-2/h39-40H,13-38H2,1-12H3/q+2/t39-,40-/m0/s1. The van der Waals surface area contributed by atoms with Gasteiger partial charge >= 0.3 is 11.9 Å². The number of nitrogens with zero attached hydrogens (tertiary/aromatic N) is 2. The van der Waals surface area contributed by atoms with Crippen molar-refractivity contribution in [3.63, 3.8) is 0 Å². The summed E-state index contributed by atoms with van der Waals surface area (Å²) in [5.74, 6) is -0.607. The Kier molecular flexibility index (Phi) is 27.6. The molecule has 0 fully saturated rings. The molecule has 2 atom stereocenters. The second-order valence-electron chi connectivity index (χ2n) is 18.6. The minimum absolute atomic E-state index is 0.0214. The molecule has 310 valence electrons. The van der Waals surface area contributed by atoms with Gasteiger partial charge in [0.25, 0.3) is 0 Å². The van der Waals surface area contributed by atoms with Gasteiger partial charge in [-0.1, -0.05) is 117 Å². The molecule has 0 aliphatic rings. The smallest absolute Gasteiger partial charge is 0.367 e. The third-order valence-electron chi connectivity index (χ3n) is 10.3. The number of quaternary nitrogens is 2. The molecule has 0 amide bonds. The Morgan fingerprint density at radius 2 is 0.692 bits per heavy atom. The van der Waals surface area contributed by atoms with E-state index in [-0.39, 0.29) is 49.6 Å². The highest BCUT2D eigenvalue weighted by Gasteiger charge is 2.39. The summed E-state index contributed by atoms with van der Waals surface area (Å²) in [7, 11) is 8.39. The highest BCUT2D eigenvalue weighted by atomic mass is 16.6. The molecule has 0 saturated heterocycles. The third-order valence-corrected chi connectivity index (χ3v) is 10.3. The van der Waals surface area contributed by atoms with Crippen molar-refractivity contribution >= 4 is 11.9 Å². The molecule has 52 heavy (non-hydrogen) atoms. The molecule has 0 aromatic rings. The Morgan fingerprint density at radius 3 is 0.942 bits per heavy atom. The summed E-state index contributed by atoms with van der Waals surface area (Å²) in [6.07, 6.45) is 25.6. The van der Waals surface area contributed by atoms with Gasteiger partial charge in [0.15, 0.2) is 0 Å². The van der Waals surface area contributed by atoms with Crippen LogP contribution in [0.3, 0.4) is 0 Å². The van der Waals surface area contributed by atoms with E-state index in [0.29, 0.717) is 8.97 Å². The molecule has 0 rings (SSSR count). The zero-order chi connectivity index (χ0) is 39.5. The fraction of sp³-hybridized carbons (Fsp3) is 0.955. The van der Waals surface area contributed by atoms with Crippen molar-refractivity contribution in [1.29, 1.82) is 0 Å². The van der Waals surface area contributed by atoms with Crippen LogP contribution in [0.5, 0.6) is 0 Å². The van der Waals surface area contributed by atoms with Crippen molar-refractivity contribution in [1.82, 2.24) is 0 Å². The average molecular weight is 743 g/mol. The fourth-order valence-electron chi connectivity index (χ4n) is 6.57. The molecular weight excluding hydrogens is 652 g/mol. The number of carbonyl (C=O) groups is 2. The summed E-state index contributed by atoms with van der Waals surface area (Å²) in [6, 6.07) is -0.920. The number of rotatable bonds is 33. The normalized spacial score (nSPS) is 14.0. The van der Waals surface area contributed by atoms with Crippen LogP contribution in [-0.4, -0.2) is 112 Å². The predicted molar refractivity (Wildman–Crippen MR) is 219 cm³/mol. The van der Waals surface area contributed by atoms with Crippen molar-refractivity contribution in [3.05, 3.63) is 0 Å². The second kappa shape index (κ2) is 28.2. The Morgan fingerprint density at radius 1 is 0.442 bits per heavy atom. The number of esters is 2. The van der Waals surface area contributed by atoms with E-state index in [1.54, 1.807) is 0 Å². The lowest BCUT2D eigenvalue weighted by Crippen LogP contribution is -2.57. The summed E-state index contributed by atoms with van der Waals surface area (Å²) < 4.78 is 24.8. The van der Waals surface area contributed by atoms with E-state index in [4.69, 9.17) is 18.9 Å². The van der Waals surface area contributed by atoms with Crippen LogP contribution in [0.25, 0.3) is 0 Å². The lowest BCUT2D eigenvalue weighted by atomic mass is 10.1. The number of hydrogen-bond donors (Lipinski definition) is 0. The molecule has 0 aliphatic heterocycles. The fourth-order valence-corrected chi connectivity index (χ4v) is 6.57. The van der Waals surface area contributed by atoms with E-state index in [1.807, 2.05) is 41.5 Å². The molecule has 0 radical (unpaired) electrons. The van der Waals surface area contributed by atoms with Crippen LogP contribution < -0.4 is 0 Å². The first kappa shape index (κ1) is 50.8.